The molecule has 0 nitrogen and oxygen atoms in total. The molecule has 0 N–H and O–H groups in total. The van der Waals surface area contributed by atoms with E-state index in [9.17, 15) is 0 Å². The minimum absolute atomic E-state index is 1.18. The van der Waals surface area contributed by atoms with Gasteiger partial charge in [0.25, 0.3) is 0 Å². The van der Waals surface area contributed by atoms with Crippen molar-refractivity contribution < 1.29 is 0 Å². The van der Waals surface area contributed by atoms with Crippen LogP contribution in [0.2, 0.25) is 0 Å². The molecule has 9 aromatic rings. The second-order valence-electron chi connectivity index (χ2n) is 13.6. The lowest BCUT2D eigenvalue weighted by atomic mass is 9.83. The Labute approximate surface area is 317 Å². The molecule has 254 valence electrons. The fraction of sp³-hybridized carbons (Fsp3) is 0. The van der Waals surface area contributed by atoms with Gasteiger partial charge in [0.2, 0.25) is 0 Å². The monoisotopic (exact) mass is 686 g/mol. The highest BCUT2D eigenvalue weighted by molar-refractivity contribution is 6.22. The average molecular weight is 687 g/mol. The van der Waals surface area contributed by atoms with Gasteiger partial charge < -0.3 is 0 Å². The lowest BCUT2D eigenvalue weighted by Gasteiger charge is -2.20. The van der Waals surface area contributed by atoms with Crippen LogP contribution in [0.15, 0.2) is 218 Å². The number of hydrogen-bond acceptors (Lipinski definition) is 0. The van der Waals surface area contributed by atoms with E-state index in [0.29, 0.717) is 0 Å². The third kappa shape index (κ3) is 6.36. The largest absolute Gasteiger partial charge is 0.0622 e. The van der Waals surface area contributed by atoms with Gasteiger partial charge in [-0.25, -0.2) is 0 Å². The Morgan fingerprint density at radius 3 is 0.778 bits per heavy atom. The van der Waals surface area contributed by atoms with Gasteiger partial charge in [0.15, 0.2) is 0 Å². The van der Waals surface area contributed by atoms with Crippen molar-refractivity contribution in [2.24, 2.45) is 0 Å². The molecular formula is C54H38. The predicted octanol–water partition coefficient (Wildman–Crippen LogP) is 14.5. The molecule has 0 aliphatic heterocycles. The predicted molar refractivity (Wildman–Crippen MR) is 232 cm³/mol. The van der Waals surface area contributed by atoms with Crippen LogP contribution < -0.4 is 0 Å². The summed E-state index contributed by atoms with van der Waals surface area (Å²) in [5.41, 5.74) is 14.5. The minimum atomic E-state index is 1.18. The maximum atomic E-state index is 2.37. The zero-order valence-electron chi connectivity index (χ0n) is 29.9. The van der Waals surface area contributed by atoms with Crippen molar-refractivity contribution in [1.29, 1.82) is 0 Å². The molecule has 0 fully saturated rings. The summed E-state index contributed by atoms with van der Waals surface area (Å²) in [7, 11) is 0. The summed E-state index contributed by atoms with van der Waals surface area (Å²) in [6.45, 7) is 0. The Bertz CT molecular complexity index is 2440. The summed E-state index contributed by atoms with van der Waals surface area (Å²) in [5.74, 6) is 0. The van der Waals surface area contributed by atoms with Gasteiger partial charge in [-0.1, -0.05) is 218 Å². The van der Waals surface area contributed by atoms with Crippen molar-refractivity contribution in [3.63, 3.8) is 0 Å². The van der Waals surface area contributed by atoms with Crippen molar-refractivity contribution in [3.05, 3.63) is 252 Å². The van der Waals surface area contributed by atoms with Crippen molar-refractivity contribution in [3.8, 4) is 22.3 Å². The van der Waals surface area contributed by atoms with Gasteiger partial charge in [0, 0.05) is 0 Å². The highest BCUT2D eigenvalue weighted by Crippen LogP contribution is 2.46. The van der Waals surface area contributed by atoms with Crippen molar-refractivity contribution in [1.82, 2.24) is 0 Å². The van der Waals surface area contributed by atoms with Crippen LogP contribution >= 0.6 is 0 Å². The van der Waals surface area contributed by atoms with E-state index in [-0.39, 0.29) is 0 Å². The van der Waals surface area contributed by atoms with Crippen LogP contribution in [-0.2, 0) is 0 Å². The summed E-state index contributed by atoms with van der Waals surface area (Å²) in [4.78, 5) is 0. The molecule has 9 rings (SSSR count). The smallest absolute Gasteiger partial charge is 0.00204 e. The van der Waals surface area contributed by atoms with Crippen LogP contribution in [0.1, 0.15) is 33.4 Å². The second kappa shape index (κ2) is 14.9. The maximum absolute atomic E-state index is 2.37. The molecule has 0 amide bonds. The molecule has 0 unspecified atom stereocenters. The van der Waals surface area contributed by atoms with Crippen LogP contribution in [0.5, 0.6) is 0 Å². The SMILES string of the molecule is C(=C(c1ccccc1)c1ccccc1)c1ccccc1-c1c2ccccc2c(-c2ccccc2C=C(c2ccccc2)c2ccccc2)c2ccccc12. The molecule has 0 spiro atoms. The minimum Gasteiger partial charge on any atom is -0.0622 e. The Morgan fingerprint density at radius 2 is 0.481 bits per heavy atom. The second-order valence-corrected chi connectivity index (χ2v) is 13.6. The van der Waals surface area contributed by atoms with Gasteiger partial charge >= 0.3 is 0 Å². The van der Waals surface area contributed by atoms with Gasteiger partial charge in [0.05, 0.1) is 0 Å². The summed E-state index contributed by atoms with van der Waals surface area (Å²) in [6.07, 6.45) is 4.73. The topological polar surface area (TPSA) is 0 Å². The van der Waals surface area contributed by atoms with Crippen molar-refractivity contribution >= 4 is 44.8 Å². The van der Waals surface area contributed by atoms with E-state index in [1.165, 1.54) is 88.3 Å². The van der Waals surface area contributed by atoms with Crippen molar-refractivity contribution in [2.75, 3.05) is 0 Å². The number of hydrogen-bond donors (Lipinski definition) is 0. The molecule has 0 saturated carbocycles. The van der Waals surface area contributed by atoms with Crippen molar-refractivity contribution in [2.45, 2.75) is 0 Å². The Balaban J connectivity index is 1.30. The van der Waals surface area contributed by atoms with E-state index < -0.39 is 0 Å². The molecule has 0 atom stereocenters. The Morgan fingerprint density at radius 1 is 0.241 bits per heavy atom. The zero-order chi connectivity index (χ0) is 36.1. The van der Waals surface area contributed by atoms with E-state index >= 15 is 0 Å². The van der Waals surface area contributed by atoms with E-state index in [0.717, 1.165) is 0 Å². The number of fused-ring (bicyclic) bond motifs is 2. The van der Waals surface area contributed by atoms with Gasteiger partial charge in [-0.2, -0.15) is 0 Å². The van der Waals surface area contributed by atoms with Crippen LogP contribution in [0, 0.1) is 0 Å². The first-order valence-electron chi connectivity index (χ1n) is 18.6. The standard InChI is InChI=1S/C54H38/c1-5-21-39(22-6-1)51(40-23-7-2-8-24-40)37-43-29-13-15-31-45(43)53-47-33-17-19-35-49(47)54(50-36-20-18-34-48(50)53)46-32-16-14-30-44(46)38-52(41-25-9-3-10-26-41)42-27-11-4-12-28-42/h1-38H. The van der Waals surface area contributed by atoms with E-state index in [2.05, 4.69) is 231 Å². The molecule has 0 heterocycles. The first kappa shape index (κ1) is 32.9. The molecule has 0 aliphatic carbocycles. The third-order valence-corrected chi connectivity index (χ3v) is 10.3. The number of benzene rings is 9. The molecule has 0 bridgehead atoms. The normalized spacial score (nSPS) is 11.0. The van der Waals surface area contributed by atoms with E-state index in [1.807, 2.05) is 0 Å². The molecule has 0 aliphatic rings. The highest BCUT2D eigenvalue weighted by atomic mass is 14.2. The molecule has 0 saturated heterocycles. The van der Waals surface area contributed by atoms with Crippen LogP contribution in [0.3, 0.4) is 0 Å². The quantitative estimate of drug-likeness (QED) is 0.110. The van der Waals surface area contributed by atoms with Crippen LogP contribution in [0.25, 0.3) is 67.1 Å². The Kier molecular flexibility index (Phi) is 9.07. The zero-order valence-corrected chi connectivity index (χ0v) is 29.9. The summed E-state index contributed by atoms with van der Waals surface area (Å²) in [5, 5.41) is 4.94. The molecule has 54 heavy (non-hydrogen) atoms. The van der Waals surface area contributed by atoms with E-state index in [4.69, 9.17) is 0 Å². The first-order chi connectivity index (χ1) is 26.8. The number of rotatable bonds is 8. The van der Waals surface area contributed by atoms with E-state index in [1.54, 1.807) is 0 Å². The first-order valence-corrected chi connectivity index (χ1v) is 18.6. The lowest BCUT2D eigenvalue weighted by molar-refractivity contribution is 1.55. The van der Waals surface area contributed by atoms with Crippen LogP contribution in [-0.4, -0.2) is 0 Å². The lowest BCUT2D eigenvalue weighted by Crippen LogP contribution is -1.95. The van der Waals surface area contributed by atoms with Gasteiger partial charge in [-0.05, 0) is 100 Å². The summed E-state index contributed by atoms with van der Waals surface area (Å²) < 4.78 is 0. The third-order valence-electron chi connectivity index (χ3n) is 10.3. The average Bonchev–Trinajstić information content (AvgIpc) is 3.25. The van der Waals surface area contributed by atoms with Gasteiger partial charge in [0.1, 0.15) is 0 Å². The molecule has 0 heteroatoms. The fourth-order valence-corrected chi connectivity index (χ4v) is 7.86. The molecule has 0 radical (unpaired) electrons. The molecule has 9 aromatic carbocycles. The van der Waals surface area contributed by atoms with Gasteiger partial charge in [-0.3, -0.25) is 0 Å². The highest BCUT2D eigenvalue weighted by Gasteiger charge is 2.20. The summed E-state index contributed by atoms with van der Waals surface area (Å²) >= 11 is 0. The summed E-state index contributed by atoms with van der Waals surface area (Å²) in [6, 6.07) is 78.5. The molecule has 0 aromatic heterocycles. The van der Waals surface area contributed by atoms with Crippen LogP contribution in [0.4, 0.5) is 0 Å². The Hall–Kier alpha value is -7.02. The van der Waals surface area contributed by atoms with Gasteiger partial charge in [-0.15, -0.1) is 0 Å². The maximum Gasteiger partial charge on any atom is -0.00204 e. The fourth-order valence-electron chi connectivity index (χ4n) is 7.86. The molecular weight excluding hydrogens is 649 g/mol.